The lowest BCUT2D eigenvalue weighted by Crippen LogP contribution is -2.40. The number of amides is 1. The van der Waals surface area contributed by atoms with Gasteiger partial charge in [-0.1, -0.05) is 30.0 Å². The smallest absolute Gasteiger partial charge is 0.410 e. The molecular formula is C23H26N4O2S. The van der Waals surface area contributed by atoms with E-state index in [2.05, 4.69) is 16.0 Å². The lowest BCUT2D eigenvalue weighted by atomic mass is 10.1. The fourth-order valence-corrected chi connectivity index (χ4v) is 4.52. The van der Waals surface area contributed by atoms with E-state index >= 15 is 0 Å². The van der Waals surface area contributed by atoms with Crippen LogP contribution in [-0.4, -0.2) is 43.9 Å². The summed E-state index contributed by atoms with van der Waals surface area (Å²) in [6.07, 6.45) is 8.02. The molecule has 4 rings (SSSR count). The van der Waals surface area contributed by atoms with Crippen molar-refractivity contribution < 1.29 is 9.53 Å². The van der Waals surface area contributed by atoms with Gasteiger partial charge in [0, 0.05) is 56.1 Å². The number of pyridine rings is 1. The first-order chi connectivity index (χ1) is 14.6. The van der Waals surface area contributed by atoms with Crippen molar-refractivity contribution in [1.82, 2.24) is 19.4 Å². The van der Waals surface area contributed by atoms with Crippen molar-refractivity contribution in [1.29, 1.82) is 0 Å². The summed E-state index contributed by atoms with van der Waals surface area (Å²) in [6, 6.07) is 11.8. The van der Waals surface area contributed by atoms with E-state index in [-0.39, 0.29) is 6.09 Å². The monoisotopic (exact) mass is 422 g/mol. The zero-order valence-corrected chi connectivity index (χ0v) is 18.1. The minimum Gasteiger partial charge on any atom is -0.410 e. The SMILES string of the molecule is Cc1ccc(Cc2ccc(OC(=O)N3CCC(Sc4nccn4C)CC3)cc2)nc1. The van der Waals surface area contributed by atoms with Crippen LogP contribution >= 0.6 is 11.8 Å². The summed E-state index contributed by atoms with van der Waals surface area (Å²) in [5.74, 6) is 0.574. The fraction of sp³-hybridized carbons (Fsp3) is 0.348. The lowest BCUT2D eigenvalue weighted by Gasteiger charge is -2.30. The predicted octanol–water partition coefficient (Wildman–Crippen LogP) is 4.47. The second-order valence-corrected chi connectivity index (χ2v) is 8.91. The van der Waals surface area contributed by atoms with Crippen molar-refractivity contribution in [3.05, 3.63) is 71.8 Å². The van der Waals surface area contributed by atoms with Crippen molar-refractivity contribution in [2.45, 2.75) is 36.6 Å². The number of thioether (sulfide) groups is 1. The Balaban J connectivity index is 1.26. The van der Waals surface area contributed by atoms with Crippen LogP contribution in [0.25, 0.3) is 0 Å². The van der Waals surface area contributed by atoms with Gasteiger partial charge in [0.05, 0.1) is 0 Å². The van der Waals surface area contributed by atoms with E-state index in [1.54, 1.807) is 16.7 Å². The van der Waals surface area contributed by atoms with Crippen LogP contribution in [0.1, 0.15) is 29.7 Å². The molecule has 1 aromatic carbocycles. The Labute approximate surface area is 181 Å². The summed E-state index contributed by atoms with van der Waals surface area (Å²) in [5.41, 5.74) is 3.31. The molecule has 1 fully saturated rings. The second kappa shape index (κ2) is 9.34. The number of hydrogen-bond acceptors (Lipinski definition) is 5. The summed E-state index contributed by atoms with van der Waals surface area (Å²) in [7, 11) is 2.00. The maximum Gasteiger partial charge on any atom is 0.415 e. The van der Waals surface area contributed by atoms with Gasteiger partial charge in [-0.3, -0.25) is 4.98 Å². The van der Waals surface area contributed by atoms with Gasteiger partial charge in [0.1, 0.15) is 5.75 Å². The first-order valence-corrected chi connectivity index (χ1v) is 11.1. The molecule has 0 aliphatic carbocycles. The van der Waals surface area contributed by atoms with Gasteiger partial charge in [0.2, 0.25) is 0 Å². The van der Waals surface area contributed by atoms with Gasteiger partial charge in [0.15, 0.2) is 5.16 Å². The average Bonchev–Trinajstić information content (AvgIpc) is 3.16. The minimum absolute atomic E-state index is 0.275. The molecule has 0 spiro atoms. The number of carbonyl (C=O) groups is 1. The summed E-state index contributed by atoms with van der Waals surface area (Å²) in [6.45, 7) is 3.44. The van der Waals surface area contributed by atoms with E-state index < -0.39 is 0 Å². The van der Waals surface area contributed by atoms with Crippen LogP contribution < -0.4 is 4.74 Å². The standard InChI is InChI=1S/C23H26N4O2S/c1-17-3-6-19(25-16-17)15-18-4-7-20(8-5-18)29-23(28)27-12-9-21(10-13-27)30-22-24-11-14-26(22)2/h3-8,11,14,16,21H,9-10,12-13,15H2,1-2H3. The zero-order valence-electron chi connectivity index (χ0n) is 17.3. The highest BCUT2D eigenvalue weighted by Gasteiger charge is 2.25. The Morgan fingerprint density at radius 3 is 2.53 bits per heavy atom. The first-order valence-electron chi connectivity index (χ1n) is 10.2. The Bertz CT molecular complexity index is 977. The highest BCUT2D eigenvalue weighted by atomic mass is 32.2. The zero-order chi connectivity index (χ0) is 20.9. The number of carbonyl (C=O) groups excluding carboxylic acids is 1. The van der Waals surface area contributed by atoms with Gasteiger partial charge in [0.25, 0.3) is 0 Å². The Kier molecular flexibility index (Phi) is 6.38. The third-order valence-corrected chi connectivity index (χ3v) is 6.64. The number of ether oxygens (including phenoxy) is 1. The molecule has 6 nitrogen and oxygen atoms in total. The van der Waals surface area contributed by atoms with Crippen LogP contribution in [-0.2, 0) is 13.5 Å². The average molecular weight is 423 g/mol. The van der Waals surface area contributed by atoms with Crippen LogP contribution in [0.4, 0.5) is 4.79 Å². The van der Waals surface area contributed by atoms with E-state index in [1.165, 1.54) is 0 Å². The first kappa shape index (κ1) is 20.5. The third kappa shape index (κ3) is 5.21. The maximum absolute atomic E-state index is 12.5. The molecule has 3 aromatic rings. The molecule has 3 heterocycles. The van der Waals surface area contributed by atoms with Crippen molar-refractivity contribution >= 4 is 17.9 Å². The molecule has 1 aliphatic rings. The molecule has 1 aliphatic heterocycles. The van der Waals surface area contributed by atoms with Crippen molar-refractivity contribution in [3.8, 4) is 5.75 Å². The molecule has 2 aromatic heterocycles. The maximum atomic E-state index is 12.5. The summed E-state index contributed by atoms with van der Waals surface area (Å²) >= 11 is 1.79. The van der Waals surface area contributed by atoms with E-state index in [4.69, 9.17) is 4.74 Å². The van der Waals surface area contributed by atoms with E-state index in [0.717, 1.165) is 41.2 Å². The second-order valence-electron chi connectivity index (χ2n) is 7.64. The van der Waals surface area contributed by atoms with Gasteiger partial charge in [-0.25, -0.2) is 9.78 Å². The highest BCUT2D eigenvalue weighted by molar-refractivity contribution is 7.99. The summed E-state index contributed by atoms with van der Waals surface area (Å²) in [4.78, 5) is 23.1. The van der Waals surface area contributed by atoms with Gasteiger partial charge < -0.3 is 14.2 Å². The normalized spacial score (nSPS) is 14.7. The number of imidazole rings is 1. The summed E-state index contributed by atoms with van der Waals surface area (Å²) < 4.78 is 7.61. The van der Waals surface area contributed by atoms with Crippen LogP contribution in [0.15, 0.2) is 60.1 Å². The van der Waals surface area contributed by atoms with E-state index in [0.29, 0.717) is 24.1 Å². The lowest BCUT2D eigenvalue weighted by molar-refractivity contribution is 0.143. The number of benzene rings is 1. The topological polar surface area (TPSA) is 60.2 Å². The Morgan fingerprint density at radius 1 is 1.13 bits per heavy atom. The molecule has 1 saturated heterocycles. The quantitative estimate of drug-likeness (QED) is 0.607. The molecule has 1 amide bonds. The number of hydrogen-bond donors (Lipinski definition) is 0. The number of piperidine rings is 1. The Hall–Kier alpha value is -2.80. The fourth-order valence-electron chi connectivity index (χ4n) is 3.42. The van der Waals surface area contributed by atoms with Gasteiger partial charge in [-0.05, 0) is 49.1 Å². The molecule has 0 radical (unpaired) electrons. The van der Waals surface area contributed by atoms with Crippen LogP contribution in [0.3, 0.4) is 0 Å². The molecular weight excluding hydrogens is 396 g/mol. The van der Waals surface area contributed by atoms with Crippen molar-refractivity contribution in [3.63, 3.8) is 0 Å². The van der Waals surface area contributed by atoms with Gasteiger partial charge >= 0.3 is 6.09 Å². The molecule has 156 valence electrons. The van der Waals surface area contributed by atoms with Gasteiger partial charge in [-0.15, -0.1) is 0 Å². The largest absolute Gasteiger partial charge is 0.415 e. The van der Waals surface area contributed by atoms with Crippen LogP contribution in [0, 0.1) is 6.92 Å². The van der Waals surface area contributed by atoms with Gasteiger partial charge in [-0.2, -0.15) is 0 Å². The molecule has 7 heteroatoms. The van der Waals surface area contributed by atoms with Crippen LogP contribution in [0.2, 0.25) is 0 Å². The molecule has 0 N–H and O–H groups in total. The number of rotatable bonds is 5. The number of likely N-dealkylation sites (tertiary alicyclic amines) is 1. The number of nitrogens with zero attached hydrogens (tertiary/aromatic N) is 4. The molecule has 0 bridgehead atoms. The number of aryl methyl sites for hydroxylation is 2. The van der Waals surface area contributed by atoms with E-state index in [1.807, 2.05) is 67.5 Å². The van der Waals surface area contributed by atoms with Crippen molar-refractivity contribution in [2.24, 2.45) is 7.05 Å². The van der Waals surface area contributed by atoms with Crippen molar-refractivity contribution in [2.75, 3.05) is 13.1 Å². The molecule has 0 atom stereocenters. The molecule has 0 saturated carbocycles. The minimum atomic E-state index is -0.275. The summed E-state index contributed by atoms with van der Waals surface area (Å²) in [5, 5.41) is 1.50. The highest BCUT2D eigenvalue weighted by Crippen LogP contribution is 2.29. The third-order valence-electron chi connectivity index (χ3n) is 5.24. The molecule has 30 heavy (non-hydrogen) atoms. The molecule has 0 unspecified atom stereocenters. The Morgan fingerprint density at radius 2 is 1.90 bits per heavy atom. The number of aromatic nitrogens is 3. The predicted molar refractivity (Wildman–Crippen MR) is 118 cm³/mol. The van der Waals surface area contributed by atoms with E-state index in [9.17, 15) is 4.79 Å². The van der Waals surface area contributed by atoms with Crippen LogP contribution in [0.5, 0.6) is 5.75 Å².